The Bertz CT molecular complexity index is 364. The van der Waals surface area contributed by atoms with Crippen LogP contribution in [0.25, 0.3) is 0 Å². The molecular weight excluding hydrogens is 243 g/mol. The van der Waals surface area contributed by atoms with E-state index in [-0.39, 0.29) is 25.4 Å². The molecule has 0 saturated carbocycles. The Morgan fingerprint density at radius 3 is 2.75 bits per heavy atom. The van der Waals surface area contributed by atoms with Crippen LogP contribution in [0.5, 0.6) is 0 Å². The first kappa shape index (κ1) is 12.9. The number of nitrogens with two attached hydrogens (primary N) is 1. The molecule has 0 unspecified atom stereocenters. The third-order valence-electron chi connectivity index (χ3n) is 1.69. The fourth-order valence-corrected chi connectivity index (χ4v) is 1.74. The molecule has 90 valence electrons. The third-order valence-corrected chi connectivity index (χ3v) is 2.60. The Kier molecular flexibility index (Phi) is 4.25. The zero-order valence-corrected chi connectivity index (χ0v) is 8.99. The standard InChI is InChI=1S/C8H10F3N3OS/c9-8(10,11)5-4-16-7(14-5)1-2-13-6(15)3-12/h4H,1-3,12H2,(H,13,15). The maximum Gasteiger partial charge on any atom is 0.434 e. The van der Waals surface area contributed by atoms with E-state index in [1.54, 1.807) is 0 Å². The van der Waals surface area contributed by atoms with Crippen molar-refractivity contribution >= 4 is 17.2 Å². The summed E-state index contributed by atoms with van der Waals surface area (Å²) in [4.78, 5) is 14.1. The van der Waals surface area contributed by atoms with Gasteiger partial charge in [-0.05, 0) is 0 Å². The van der Waals surface area contributed by atoms with Crippen LogP contribution in [-0.4, -0.2) is 24.0 Å². The number of hydrogen-bond acceptors (Lipinski definition) is 4. The number of aromatic nitrogens is 1. The van der Waals surface area contributed by atoms with Gasteiger partial charge in [0.2, 0.25) is 5.91 Å². The first-order valence-electron chi connectivity index (χ1n) is 4.42. The van der Waals surface area contributed by atoms with Gasteiger partial charge in [-0.2, -0.15) is 13.2 Å². The van der Waals surface area contributed by atoms with Crippen molar-refractivity contribution in [2.24, 2.45) is 5.73 Å². The van der Waals surface area contributed by atoms with E-state index in [9.17, 15) is 18.0 Å². The monoisotopic (exact) mass is 253 g/mol. The molecule has 0 aromatic carbocycles. The van der Waals surface area contributed by atoms with Crippen LogP contribution in [0.1, 0.15) is 10.7 Å². The van der Waals surface area contributed by atoms with Crippen molar-refractivity contribution in [3.8, 4) is 0 Å². The zero-order chi connectivity index (χ0) is 12.2. The van der Waals surface area contributed by atoms with Crippen molar-refractivity contribution in [3.05, 3.63) is 16.1 Å². The van der Waals surface area contributed by atoms with Crippen molar-refractivity contribution in [2.45, 2.75) is 12.6 Å². The molecule has 1 amide bonds. The minimum absolute atomic E-state index is 0.133. The lowest BCUT2D eigenvalue weighted by Gasteiger charge is -2.01. The molecule has 16 heavy (non-hydrogen) atoms. The van der Waals surface area contributed by atoms with Crippen LogP contribution in [0, 0.1) is 0 Å². The highest BCUT2D eigenvalue weighted by Gasteiger charge is 2.33. The number of amides is 1. The van der Waals surface area contributed by atoms with Crippen LogP contribution in [0.4, 0.5) is 13.2 Å². The van der Waals surface area contributed by atoms with E-state index >= 15 is 0 Å². The van der Waals surface area contributed by atoms with Crippen molar-refractivity contribution in [3.63, 3.8) is 0 Å². The summed E-state index contributed by atoms with van der Waals surface area (Å²) in [6.07, 6.45) is -4.14. The quantitative estimate of drug-likeness (QED) is 0.833. The minimum atomic E-state index is -4.41. The summed E-state index contributed by atoms with van der Waals surface area (Å²) < 4.78 is 36.5. The smallest absolute Gasteiger partial charge is 0.355 e. The summed E-state index contributed by atoms with van der Waals surface area (Å²) in [6, 6.07) is 0. The second-order valence-electron chi connectivity index (χ2n) is 2.93. The van der Waals surface area contributed by atoms with Gasteiger partial charge in [-0.1, -0.05) is 0 Å². The maximum absolute atomic E-state index is 12.2. The van der Waals surface area contributed by atoms with E-state index in [2.05, 4.69) is 10.3 Å². The van der Waals surface area contributed by atoms with Gasteiger partial charge in [-0.25, -0.2) is 4.98 Å². The summed E-state index contributed by atoms with van der Waals surface area (Å²) in [7, 11) is 0. The Morgan fingerprint density at radius 2 is 2.25 bits per heavy atom. The molecule has 0 bridgehead atoms. The van der Waals surface area contributed by atoms with Gasteiger partial charge in [-0.3, -0.25) is 4.79 Å². The number of nitrogens with one attached hydrogen (secondary N) is 1. The molecule has 0 aliphatic heterocycles. The van der Waals surface area contributed by atoms with Gasteiger partial charge < -0.3 is 11.1 Å². The Hall–Kier alpha value is -1.15. The van der Waals surface area contributed by atoms with E-state index in [0.29, 0.717) is 5.01 Å². The molecule has 8 heteroatoms. The van der Waals surface area contributed by atoms with Gasteiger partial charge in [0.15, 0.2) is 5.69 Å². The Labute approximate surface area is 93.7 Å². The number of halogens is 3. The van der Waals surface area contributed by atoms with Crippen LogP contribution in [-0.2, 0) is 17.4 Å². The van der Waals surface area contributed by atoms with Crippen molar-refractivity contribution in [2.75, 3.05) is 13.1 Å². The number of nitrogens with zero attached hydrogens (tertiary/aromatic N) is 1. The largest absolute Gasteiger partial charge is 0.434 e. The molecule has 1 aromatic heterocycles. The van der Waals surface area contributed by atoms with Gasteiger partial charge in [-0.15, -0.1) is 11.3 Å². The number of carbonyl (C=O) groups is 1. The average Bonchev–Trinajstić information content (AvgIpc) is 2.65. The van der Waals surface area contributed by atoms with E-state index < -0.39 is 11.9 Å². The first-order chi connectivity index (χ1) is 7.43. The predicted molar refractivity (Wildman–Crippen MR) is 52.9 cm³/mol. The number of thiazole rings is 1. The number of alkyl halides is 3. The summed E-state index contributed by atoms with van der Waals surface area (Å²) in [5, 5.41) is 3.75. The SMILES string of the molecule is NCC(=O)NCCc1nc(C(F)(F)F)cs1. The summed E-state index contributed by atoms with van der Waals surface area (Å²) in [5.74, 6) is -0.340. The molecule has 3 N–H and O–H groups in total. The number of hydrogen-bond donors (Lipinski definition) is 2. The lowest BCUT2D eigenvalue weighted by atomic mass is 10.4. The highest BCUT2D eigenvalue weighted by atomic mass is 32.1. The first-order valence-corrected chi connectivity index (χ1v) is 5.30. The van der Waals surface area contributed by atoms with Crippen LogP contribution < -0.4 is 11.1 Å². The summed E-state index contributed by atoms with van der Waals surface area (Å²) >= 11 is 0.922. The summed E-state index contributed by atoms with van der Waals surface area (Å²) in [5.41, 5.74) is 4.15. The molecule has 0 spiro atoms. The molecule has 0 fully saturated rings. The van der Waals surface area contributed by atoms with Gasteiger partial charge in [0.25, 0.3) is 0 Å². The number of carbonyl (C=O) groups excluding carboxylic acids is 1. The van der Waals surface area contributed by atoms with Gasteiger partial charge in [0.1, 0.15) is 0 Å². The fourth-order valence-electron chi connectivity index (χ4n) is 0.937. The minimum Gasteiger partial charge on any atom is -0.355 e. The van der Waals surface area contributed by atoms with Crippen LogP contribution >= 0.6 is 11.3 Å². The molecule has 1 heterocycles. The van der Waals surface area contributed by atoms with Crippen LogP contribution in [0.15, 0.2) is 5.38 Å². The maximum atomic E-state index is 12.2. The molecule has 0 aliphatic carbocycles. The van der Waals surface area contributed by atoms with Crippen molar-refractivity contribution < 1.29 is 18.0 Å². The van der Waals surface area contributed by atoms with E-state index in [0.717, 1.165) is 16.7 Å². The molecule has 0 aliphatic rings. The highest BCUT2D eigenvalue weighted by Crippen LogP contribution is 2.29. The predicted octanol–water partition coefficient (Wildman–Crippen LogP) is 0.779. The van der Waals surface area contributed by atoms with Gasteiger partial charge in [0.05, 0.1) is 11.6 Å². The third kappa shape index (κ3) is 3.78. The van der Waals surface area contributed by atoms with Gasteiger partial charge >= 0.3 is 6.18 Å². The second kappa shape index (κ2) is 5.26. The summed E-state index contributed by atoms with van der Waals surface area (Å²) in [6.45, 7) is 0.104. The number of rotatable bonds is 4. The molecule has 1 rings (SSSR count). The fraction of sp³-hybridized carbons (Fsp3) is 0.500. The highest BCUT2D eigenvalue weighted by molar-refractivity contribution is 7.09. The van der Waals surface area contributed by atoms with Gasteiger partial charge in [0, 0.05) is 18.3 Å². The van der Waals surface area contributed by atoms with Crippen LogP contribution in [0.3, 0.4) is 0 Å². The lowest BCUT2D eigenvalue weighted by Crippen LogP contribution is -2.31. The molecule has 1 aromatic rings. The van der Waals surface area contributed by atoms with E-state index in [4.69, 9.17) is 5.73 Å². The molecule has 4 nitrogen and oxygen atoms in total. The van der Waals surface area contributed by atoms with Crippen molar-refractivity contribution in [1.82, 2.24) is 10.3 Å². The normalized spacial score (nSPS) is 11.5. The molecular formula is C8H10F3N3OS. The van der Waals surface area contributed by atoms with Crippen LogP contribution in [0.2, 0.25) is 0 Å². The molecule has 0 radical (unpaired) electrons. The lowest BCUT2D eigenvalue weighted by molar-refractivity contribution is -0.140. The zero-order valence-electron chi connectivity index (χ0n) is 8.17. The topological polar surface area (TPSA) is 68.0 Å². The average molecular weight is 253 g/mol. The second-order valence-corrected chi connectivity index (χ2v) is 3.87. The van der Waals surface area contributed by atoms with E-state index in [1.165, 1.54) is 0 Å². The molecule has 0 saturated heterocycles. The Morgan fingerprint density at radius 1 is 1.56 bits per heavy atom. The van der Waals surface area contributed by atoms with E-state index in [1.807, 2.05) is 0 Å². The molecule has 0 atom stereocenters. The van der Waals surface area contributed by atoms with Crippen molar-refractivity contribution in [1.29, 1.82) is 0 Å². The Balaban J connectivity index is 2.44.